The fraction of sp³-hybridized carbons (Fsp3) is 0.278. The fourth-order valence-electron chi connectivity index (χ4n) is 2.31. The summed E-state index contributed by atoms with van der Waals surface area (Å²) in [5.74, 6) is 0.808. The number of carbonyl (C=O) groups excluding carboxylic acids is 1. The molecular formula is C18H20N2O6. The van der Waals surface area contributed by atoms with Crippen LogP contribution in [0.25, 0.3) is 0 Å². The first-order valence-electron chi connectivity index (χ1n) is 7.93. The maximum atomic E-state index is 12.6. The Morgan fingerprint density at radius 3 is 2.35 bits per heavy atom. The summed E-state index contributed by atoms with van der Waals surface area (Å²) < 4.78 is 16.1. The van der Waals surface area contributed by atoms with Gasteiger partial charge in [-0.15, -0.1) is 0 Å². The molecule has 8 heteroatoms. The van der Waals surface area contributed by atoms with Gasteiger partial charge in [0.1, 0.15) is 5.75 Å². The Morgan fingerprint density at radius 2 is 1.77 bits per heavy atom. The number of para-hydroxylation sites is 2. The lowest BCUT2D eigenvalue weighted by molar-refractivity contribution is -0.384. The topological polar surface area (TPSA) is 99.9 Å². The summed E-state index contributed by atoms with van der Waals surface area (Å²) in [6.07, 6.45) is -0.420. The van der Waals surface area contributed by atoms with Crippen LogP contribution >= 0.6 is 0 Å². The van der Waals surface area contributed by atoms with Crippen LogP contribution in [0.3, 0.4) is 0 Å². The van der Waals surface area contributed by atoms with Gasteiger partial charge in [-0.25, -0.2) is 0 Å². The Morgan fingerprint density at radius 1 is 1.12 bits per heavy atom. The predicted octanol–water partition coefficient (Wildman–Crippen LogP) is 3.41. The SMILES string of the molecule is CCC(Oc1ccccc1OC)C(=O)Nc1cc([N+](=O)[O-])ccc1OC. The molecule has 2 aromatic rings. The quantitative estimate of drug-likeness (QED) is 0.572. The molecule has 138 valence electrons. The third-order valence-corrected chi connectivity index (χ3v) is 3.65. The van der Waals surface area contributed by atoms with E-state index in [0.717, 1.165) is 0 Å². The monoisotopic (exact) mass is 360 g/mol. The van der Waals surface area contributed by atoms with E-state index in [1.165, 1.54) is 32.4 Å². The molecule has 0 saturated carbocycles. The highest BCUT2D eigenvalue weighted by Gasteiger charge is 2.22. The third-order valence-electron chi connectivity index (χ3n) is 3.65. The molecule has 1 N–H and O–H groups in total. The van der Waals surface area contributed by atoms with Gasteiger partial charge in [-0.2, -0.15) is 0 Å². The predicted molar refractivity (Wildman–Crippen MR) is 96.0 cm³/mol. The Labute approximate surface area is 150 Å². The summed E-state index contributed by atoms with van der Waals surface area (Å²) in [4.78, 5) is 23.0. The first-order valence-corrected chi connectivity index (χ1v) is 7.93. The van der Waals surface area contributed by atoms with Crippen molar-refractivity contribution in [2.45, 2.75) is 19.4 Å². The van der Waals surface area contributed by atoms with Gasteiger partial charge in [0.2, 0.25) is 0 Å². The zero-order valence-electron chi connectivity index (χ0n) is 14.7. The Hall–Kier alpha value is -3.29. The first-order chi connectivity index (χ1) is 12.5. The van der Waals surface area contributed by atoms with E-state index in [1.807, 2.05) is 0 Å². The highest BCUT2D eigenvalue weighted by atomic mass is 16.6. The zero-order chi connectivity index (χ0) is 19.1. The molecule has 2 aromatic carbocycles. The summed E-state index contributed by atoms with van der Waals surface area (Å²) in [6.45, 7) is 1.80. The summed E-state index contributed by atoms with van der Waals surface area (Å²) in [5, 5.41) is 13.6. The minimum absolute atomic E-state index is 0.153. The zero-order valence-corrected chi connectivity index (χ0v) is 14.7. The number of methoxy groups -OCH3 is 2. The van der Waals surface area contributed by atoms with Crippen LogP contribution in [-0.2, 0) is 4.79 Å². The van der Waals surface area contributed by atoms with Crippen molar-refractivity contribution in [2.24, 2.45) is 0 Å². The van der Waals surface area contributed by atoms with Crippen molar-refractivity contribution in [3.8, 4) is 17.2 Å². The van der Waals surface area contributed by atoms with Gasteiger partial charge in [-0.05, 0) is 24.6 Å². The van der Waals surface area contributed by atoms with Crippen molar-refractivity contribution >= 4 is 17.3 Å². The molecule has 0 saturated heterocycles. The van der Waals surface area contributed by atoms with Crippen LogP contribution in [0.5, 0.6) is 17.2 Å². The van der Waals surface area contributed by atoms with Crippen molar-refractivity contribution < 1.29 is 23.9 Å². The van der Waals surface area contributed by atoms with Gasteiger partial charge < -0.3 is 19.5 Å². The van der Waals surface area contributed by atoms with Gasteiger partial charge in [0.05, 0.1) is 24.8 Å². The summed E-state index contributed by atoms with van der Waals surface area (Å²) in [6, 6.07) is 11.0. The van der Waals surface area contributed by atoms with Gasteiger partial charge in [0.15, 0.2) is 17.6 Å². The minimum atomic E-state index is -0.810. The van der Waals surface area contributed by atoms with Gasteiger partial charge >= 0.3 is 0 Å². The molecule has 0 aromatic heterocycles. The van der Waals surface area contributed by atoms with Crippen LogP contribution < -0.4 is 19.5 Å². The molecule has 26 heavy (non-hydrogen) atoms. The Bertz CT molecular complexity index is 793. The van der Waals surface area contributed by atoms with Crippen molar-refractivity contribution in [2.75, 3.05) is 19.5 Å². The van der Waals surface area contributed by atoms with E-state index >= 15 is 0 Å². The molecule has 0 radical (unpaired) electrons. The van der Waals surface area contributed by atoms with Gasteiger partial charge in [0, 0.05) is 12.1 Å². The number of nitrogens with zero attached hydrogens (tertiary/aromatic N) is 1. The van der Waals surface area contributed by atoms with Crippen LogP contribution in [0.4, 0.5) is 11.4 Å². The van der Waals surface area contributed by atoms with Crippen molar-refractivity contribution in [1.29, 1.82) is 0 Å². The number of anilines is 1. The van der Waals surface area contributed by atoms with Gasteiger partial charge in [-0.3, -0.25) is 14.9 Å². The number of non-ortho nitro benzene ring substituents is 1. The van der Waals surface area contributed by atoms with Crippen LogP contribution in [0.15, 0.2) is 42.5 Å². The molecule has 0 heterocycles. The summed E-state index contributed by atoms with van der Waals surface area (Å²) in [5.41, 5.74) is 0.0496. The lowest BCUT2D eigenvalue weighted by Gasteiger charge is -2.19. The van der Waals surface area contributed by atoms with E-state index in [9.17, 15) is 14.9 Å². The Balaban J connectivity index is 2.21. The van der Waals surface area contributed by atoms with Gasteiger partial charge in [0.25, 0.3) is 11.6 Å². The second kappa shape index (κ2) is 8.70. The highest BCUT2D eigenvalue weighted by Crippen LogP contribution is 2.30. The van der Waals surface area contributed by atoms with Crippen molar-refractivity contribution in [1.82, 2.24) is 0 Å². The molecular weight excluding hydrogens is 340 g/mol. The second-order valence-corrected chi connectivity index (χ2v) is 5.30. The average molecular weight is 360 g/mol. The summed E-state index contributed by atoms with van der Waals surface area (Å²) in [7, 11) is 2.93. The summed E-state index contributed by atoms with van der Waals surface area (Å²) >= 11 is 0. The van der Waals surface area contributed by atoms with E-state index in [2.05, 4.69) is 5.32 Å². The molecule has 0 fully saturated rings. The van der Waals surface area contributed by atoms with E-state index in [-0.39, 0.29) is 11.4 Å². The molecule has 0 aliphatic heterocycles. The maximum Gasteiger partial charge on any atom is 0.271 e. The Kier molecular flexibility index (Phi) is 6.37. The normalized spacial score (nSPS) is 11.3. The van der Waals surface area contributed by atoms with Crippen molar-refractivity contribution in [3.05, 3.63) is 52.6 Å². The number of nitrogens with one attached hydrogen (secondary N) is 1. The fourth-order valence-corrected chi connectivity index (χ4v) is 2.31. The van der Waals surface area contributed by atoms with Crippen molar-refractivity contribution in [3.63, 3.8) is 0 Å². The molecule has 8 nitrogen and oxygen atoms in total. The highest BCUT2D eigenvalue weighted by molar-refractivity contribution is 5.96. The number of nitro benzene ring substituents is 1. The number of benzene rings is 2. The van der Waals surface area contributed by atoms with Crippen LogP contribution in [0.1, 0.15) is 13.3 Å². The van der Waals surface area contributed by atoms with E-state index in [4.69, 9.17) is 14.2 Å². The van der Waals surface area contributed by atoms with Crippen LogP contribution in [-0.4, -0.2) is 31.2 Å². The number of amides is 1. The molecule has 0 aliphatic rings. The number of hydrogen-bond acceptors (Lipinski definition) is 6. The lowest BCUT2D eigenvalue weighted by Crippen LogP contribution is -2.32. The third kappa shape index (κ3) is 4.41. The van der Waals surface area contributed by atoms with E-state index in [1.54, 1.807) is 31.2 Å². The second-order valence-electron chi connectivity index (χ2n) is 5.30. The average Bonchev–Trinajstić information content (AvgIpc) is 2.66. The number of hydrogen-bond donors (Lipinski definition) is 1. The smallest absolute Gasteiger partial charge is 0.271 e. The number of rotatable bonds is 8. The lowest BCUT2D eigenvalue weighted by atomic mass is 10.2. The van der Waals surface area contributed by atoms with Crippen LogP contribution in [0.2, 0.25) is 0 Å². The molecule has 0 bridgehead atoms. The number of nitro groups is 1. The van der Waals surface area contributed by atoms with E-state index in [0.29, 0.717) is 23.7 Å². The molecule has 2 rings (SSSR count). The molecule has 0 aliphatic carbocycles. The van der Waals surface area contributed by atoms with E-state index < -0.39 is 16.9 Å². The number of ether oxygens (including phenoxy) is 3. The molecule has 1 unspecified atom stereocenters. The van der Waals surface area contributed by atoms with Gasteiger partial charge in [-0.1, -0.05) is 19.1 Å². The number of carbonyl (C=O) groups is 1. The molecule has 0 spiro atoms. The standard InChI is InChI=1S/C18H20N2O6/c1-4-14(26-17-8-6-5-7-16(17)25-3)18(21)19-13-11-12(20(22)23)9-10-15(13)24-2/h5-11,14H,4H2,1-3H3,(H,19,21). The largest absolute Gasteiger partial charge is 0.495 e. The molecule has 1 atom stereocenters. The minimum Gasteiger partial charge on any atom is -0.495 e. The first kappa shape index (κ1) is 19.0. The maximum absolute atomic E-state index is 12.6. The molecule has 1 amide bonds. The van der Waals surface area contributed by atoms with Crippen LogP contribution in [0, 0.1) is 10.1 Å².